The number of hydrogen-bond donors (Lipinski definition) is 3. The number of nitrogens with two attached hydrogens (primary N) is 1. The van der Waals surface area contributed by atoms with E-state index in [0.717, 1.165) is 22.3 Å². The number of benzene rings is 3. The number of aromatic nitrogens is 5. The number of hydrogen-bond acceptors (Lipinski definition) is 7. The molecule has 1 unspecified atom stereocenters. The number of carbonyl (C=O) groups excluding carboxylic acids is 1. The van der Waals surface area contributed by atoms with Crippen LogP contribution in [-0.2, 0) is 11.3 Å². The zero-order chi connectivity index (χ0) is 27.4. The lowest BCUT2D eigenvalue weighted by molar-refractivity contribution is -0.131. The molecule has 10 nitrogen and oxygen atoms in total. The molecule has 2 heterocycles. The van der Waals surface area contributed by atoms with Gasteiger partial charge in [-0.05, 0) is 33.5 Å². The SMILES string of the molecule is CN(C)C(=O)C(c1ccccc1)n1ccc(N)c(NCc2ccc(-c3ccccc3-c3nn[nH]n3)cc2)c1=O. The van der Waals surface area contributed by atoms with Gasteiger partial charge < -0.3 is 16.0 Å². The summed E-state index contributed by atoms with van der Waals surface area (Å²) >= 11 is 0. The number of amides is 1. The van der Waals surface area contributed by atoms with E-state index in [1.807, 2.05) is 78.9 Å². The Balaban J connectivity index is 1.40. The van der Waals surface area contributed by atoms with E-state index in [9.17, 15) is 9.59 Å². The first-order chi connectivity index (χ1) is 18.9. The van der Waals surface area contributed by atoms with Gasteiger partial charge in [-0.3, -0.25) is 14.2 Å². The fourth-order valence-electron chi connectivity index (χ4n) is 4.45. The Hall–Kier alpha value is -5.25. The van der Waals surface area contributed by atoms with Crippen molar-refractivity contribution in [3.63, 3.8) is 0 Å². The van der Waals surface area contributed by atoms with E-state index in [1.165, 1.54) is 9.47 Å². The van der Waals surface area contributed by atoms with Gasteiger partial charge in [-0.25, -0.2) is 0 Å². The maximum absolute atomic E-state index is 13.6. The molecule has 0 aliphatic carbocycles. The topological polar surface area (TPSA) is 135 Å². The van der Waals surface area contributed by atoms with E-state index in [-0.39, 0.29) is 17.2 Å². The van der Waals surface area contributed by atoms with Gasteiger partial charge in [0, 0.05) is 32.4 Å². The highest BCUT2D eigenvalue weighted by Gasteiger charge is 2.26. The van der Waals surface area contributed by atoms with Crippen LogP contribution in [0, 0.1) is 0 Å². The lowest BCUT2D eigenvalue weighted by Crippen LogP contribution is -2.38. The minimum absolute atomic E-state index is 0.212. The summed E-state index contributed by atoms with van der Waals surface area (Å²) in [6.07, 6.45) is 1.57. The van der Waals surface area contributed by atoms with Gasteiger partial charge in [0.05, 0.1) is 5.69 Å². The molecule has 1 atom stereocenters. The third kappa shape index (κ3) is 5.26. The van der Waals surface area contributed by atoms with Crippen molar-refractivity contribution in [3.05, 3.63) is 113 Å². The number of aromatic amines is 1. The van der Waals surface area contributed by atoms with Crippen LogP contribution in [0.3, 0.4) is 0 Å². The van der Waals surface area contributed by atoms with E-state index in [1.54, 1.807) is 26.4 Å². The molecule has 196 valence electrons. The van der Waals surface area contributed by atoms with Crippen LogP contribution in [0.2, 0.25) is 0 Å². The standard InChI is InChI=1S/C29H28N8O2/c1-36(2)29(39)26(21-8-4-3-5-9-21)37-17-16-24(30)25(28(37)38)31-18-19-12-14-20(15-13-19)22-10-6-7-11-23(22)27-32-34-35-33-27/h3-17,26,31H,18,30H2,1-2H3,(H,32,33,34,35). The summed E-state index contributed by atoms with van der Waals surface area (Å²) in [6, 6.07) is 25.9. The largest absolute Gasteiger partial charge is 0.397 e. The first-order valence-electron chi connectivity index (χ1n) is 12.4. The average Bonchev–Trinajstić information content (AvgIpc) is 3.50. The molecule has 0 saturated carbocycles. The molecule has 0 bridgehead atoms. The van der Waals surface area contributed by atoms with Crippen LogP contribution in [0.15, 0.2) is 95.9 Å². The molecular weight excluding hydrogens is 492 g/mol. The minimum Gasteiger partial charge on any atom is -0.397 e. The normalized spacial score (nSPS) is 11.6. The summed E-state index contributed by atoms with van der Waals surface area (Å²) in [7, 11) is 3.34. The third-order valence-corrected chi connectivity index (χ3v) is 6.47. The predicted octanol–water partition coefficient (Wildman–Crippen LogP) is 3.57. The number of rotatable bonds is 8. The van der Waals surface area contributed by atoms with Crippen molar-refractivity contribution in [1.29, 1.82) is 0 Å². The van der Waals surface area contributed by atoms with Gasteiger partial charge in [0.15, 0.2) is 0 Å². The van der Waals surface area contributed by atoms with Gasteiger partial charge in [0.25, 0.3) is 5.56 Å². The number of nitrogens with zero attached hydrogens (tertiary/aromatic N) is 5. The highest BCUT2D eigenvalue weighted by atomic mass is 16.2. The highest BCUT2D eigenvalue weighted by Crippen LogP contribution is 2.30. The summed E-state index contributed by atoms with van der Waals surface area (Å²) in [6.45, 7) is 0.369. The Morgan fingerprint density at radius 1 is 0.974 bits per heavy atom. The third-order valence-electron chi connectivity index (χ3n) is 6.47. The van der Waals surface area contributed by atoms with Crippen molar-refractivity contribution in [3.8, 4) is 22.5 Å². The second-order valence-electron chi connectivity index (χ2n) is 9.24. The number of anilines is 2. The van der Waals surface area contributed by atoms with Crippen molar-refractivity contribution in [1.82, 2.24) is 30.1 Å². The maximum Gasteiger partial charge on any atom is 0.277 e. The van der Waals surface area contributed by atoms with Crippen LogP contribution in [0.4, 0.5) is 11.4 Å². The summed E-state index contributed by atoms with van der Waals surface area (Å²) in [5, 5.41) is 17.6. The van der Waals surface area contributed by atoms with Crippen LogP contribution in [0.1, 0.15) is 17.2 Å². The molecule has 10 heteroatoms. The van der Waals surface area contributed by atoms with Gasteiger partial charge in [0.2, 0.25) is 11.7 Å². The number of H-pyrrole nitrogens is 1. The van der Waals surface area contributed by atoms with E-state index in [0.29, 0.717) is 23.6 Å². The Kier molecular flexibility index (Phi) is 7.17. The lowest BCUT2D eigenvalue weighted by atomic mass is 9.98. The van der Waals surface area contributed by atoms with Gasteiger partial charge in [0.1, 0.15) is 11.7 Å². The highest BCUT2D eigenvalue weighted by molar-refractivity contribution is 5.83. The minimum atomic E-state index is -0.812. The van der Waals surface area contributed by atoms with E-state index >= 15 is 0 Å². The van der Waals surface area contributed by atoms with E-state index < -0.39 is 6.04 Å². The van der Waals surface area contributed by atoms with Crippen molar-refractivity contribution in [2.24, 2.45) is 0 Å². The summed E-state index contributed by atoms with van der Waals surface area (Å²) in [5.74, 6) is 0.310. The predicted molar refractivity (Wildman–Crippen MR) is 151 cm³/mol. The van der Waals surface area contributed by atoms with Crippen molar-refractivity contribution < 1.29 is 4.79 Å². The molecular formula is C29H28N8O2. The van der Waals surface area contributed by atoms with Crippen molar-refractivity contribution in [2.75, 3.05) is 25.1 Å². The Labute approximate surface area is 225 Å². The average molecular weight is 521 g/mol. The van der Waals surface area contributed by atoms with Gasteiger partial charge in [-0.15, -0.1) is 10.2 Å². The van der Waals surface area contributed by atoms with Gasteiger partial charge in [-0.1, -0.05) is 78.9 Å². The molecule has 0 fully saturated rings. The Bertz CT molecular complexity index is 1630. The van der Waals surface area contributed by atoms with E-state index in [4.69, 9.17) is 5.73 Å². The summed E-state index contributed by atoms with van der Waals surface area (Å²) in [5.41, 5.74) is 10.9. The zero-order valence-electron chi connectivity index (χ0n) is 21.6. The zero-order valence-corrected chi connectivity index (χ0v) is 21.6. The van der Waals surface area contributed by atoms with Crippen LogP contribution in [-0.4, -0.2) is 50.1 Å². The van der Waals surface area contributed by atoms with Crippen LogP contribution in [0.5, 0.6) is 0 Å². The smallest absolute Gasteiger partial charge is 0.277 e. The fraction of sp³-hybridized carbons (Fsp3) is 0.138. The second kappa shape index (κ2) is 11.0. The molecule has 5 aromatic rings. The molecule has 1 amide bonds. The molecule has 0 aliphatic rings. The van der Waals surface area contributed by atoms with Crippen LogP contribution >= 0.6 is 0 Å². The first-order valence-corrected chi connectivity index (χ1v) is 12.4. The lowest BCUT2D eigenvalue weighted by Gasteiger charge is -2.24. The second-order valence-corrected chi connectivity index (χ2v) is 9.24. The molecule has 0 saturated heterocycles. The van der Waals surface area contributed by atoms with Crippen molar-refractivity contribution in [2.45, 2.75) is 12.6 Å². The molecule has 5 rings (SSSR count). The summed E-state index contributed by atoms with van der Waals surface area (Å²) < 4.78 is 1.42. The van der Waals surface area contributed by atoms with Crippen LogP contribution in [0.25, 0.3) is 22.5 Å². The van der Waals surface area contributed by atoms with E-state index in [2.05, 4.69) is 25.9 Å². The van der Waals surface area contributed by atoms with Gasteiger partial charge in [-0.2, -0.15) is 5.21 Å². The number of carbonyl (C=O) groups is 1. The number of nitrogens with one attached hydrogen (secondary N) is 2. The summed E-state index contributed by atoms with van der Waals surface area (Å²) in [4.78, 5) is 28.2. The molecule has 39 heavy (non-hydrogen) atoms. The number of pyridine rings is 1. The monoisotopic (exact) mass is 520 g/mol. The quantitative estimate of drug-likeness (QED) is 0.285. The van der Waals surface area contributed by atoms with Crippen LogP contribution < -0.4 is 16.6 Å². The first kappa shape index (κ1) is 25.4. The molecule has 4 N–H and O–H groups in total. The Morgan fingerprint density at radius 2 is 1.67 bits per heavy atom. The van der Waals surface area contributed by atoms with Crippen molar-refractivity contribution >= 4 is 17.3 Å². The number of nitrogen functional groups attached to an aromatic ring is 1. The maximum atomic E-state index is 13.6. The Morgan fingerprint density at radius 3 is 2.33 bits per heavy atom. The molecule has 0 spiro atoms. The molecule has 2 aromatic heterocycles. The van der Waals surface area contributed by atoms with Gasteiger partial charge >= 0.3 is 0 Å². The number of likely N-dealkylation sites (N-methyl/N-ethyl adjacent to an activating group) is 1. The number of tetrazole rings is 1. The molecule has 3 aromatic carbocycles. The molecule has 0 radical (unpaired) electrons. The molecule has 0 aliphatic heterocycles. The fourth-order valence-corrected chi connectivity index (χ4v) is 4.45.